The highest BCUT2D eigenvalue weighted by Crippen LogP contribution is 2.50. The van der Waals surface area contributed by atoms with Crippen molar-refractivity contribution in [3.8, 4) is 6.07 Å². The lowest BCUT2D eigenvalue weighted by molar-refractivity contribution is 0.00751. The molecule has 1 heterocycles. The summed E-state index contributed by atoms with van der Waals surface area (Å²) in [6.07, 6.45) is 3.73. The fraction of sp³-hybridized carbons (Fsp3) is 0.636. The lowest BCUT2D eigenvalue weighted by Gasteiger charge is -2.39. The van der Waals surface area contributed by atoms with Crippen LogP contribution in [0.2, 0.25) is 0 Å². The monoisotopic (exact) mass is 205 g/mol. The third-order valence-electron chi connectivity index (χ3n) is 3.34. The summed E-state index contributed by atoms with van der Waals surface area (Å²) in [5.74, 6) is 0. The fourth-order valence-electron chi connectivity index (χ4n) is 2.19. The Kier molecular flexibility index (Phi) is 2.28. The molecule has 0 spiro atoms. The molecule has 0 saturated heterocycles. The smallest absolute Gasteiger partial charge is 0.101 e. The molecular formula is C11H15N3O. The van der Waals surface area contributed by atoms with E-state index < -0.39 is 11.5 Å². The van der Waals surface area contributed by atoms with Gasteiger partial charge >= 0.3 is 0 Å². The number of nitriles is 1. The molecule has 15 heavy (non-hydrogen) atoms. The molecule has 2 rings (SSSR count). The Hall–Kier alpha value is -1.34. The minimum absolute atomic E-state index is 0.562. The average Bonchev–Trinajstić information content (AvgIpc) is 2.44. The fourth-order valence-corrected chi connectivity index (χ4v) is 2.19. The standard InChI is InChI=1S/C11H15N3O/c1-8-9(6-14(2)13-8)10(15)11(7-12)4-3-5-11/h6,10,15H,3-5H2,1-2H3. The molecule has 4 heteroatoms. The second kappa shape index (κ2) is 3.35. The van der Waals surface area contributed by atoms with E-state index in [-0.39, 0.29) is 0 Å². The van der Waals surface area contributed by atoms with Crippen molar-refractivity contribution in [3.05, 3.63) is 17.5 Å². The molecule has 4 nitrogen and oxygen atoms in total. The normalized spacial score (nSPS) is 20.4. The summed E-state index contributed by atoms with van der Waals surface area (Å²) in [7, 11) is 1.82. The van der Waals surface area contributed by atoms with Crippen LogP contribution >= 0.6 is 0 Å². The maximum absolute atomic E-state index is 10.2. The van der Waals surface area contributed by atoms with E-state index in [0.29, 0.717) is 0 Å². The quantitative estimate of drug-likeness (QED) is 0.795. The first-order valence-corrected chi connectivity index (χ1v) is 5.18. The zero-order valence-corrected chi connectivity index (χ0v) is 9.06. The highest BCUT2D eigenvalue weighted by molar-refractivity contribution is 5.25. The van der Waals surface area contributed by atoms with Gasteiger partial charge in [0.1, 0.15) is 6.10 Å². The number of aromatic nitrogens is 2. The second-order valence-electron chi connectivity index (χ2n) is 4.37. The van der Waals surface area contributed by atoms with E-state index in [0.717, 1.165) is 30.5 Å². The minimum atomic E-state index is -0.690. The molecule has 0 aromatic carbocycles. The highest BCUT2D eigenvalue weighted by atomic mass is 16.3. The van der Waals surface area contributed by atoms with Crippen LogP contribution in [-0.4, -0.2) is 14.9 Å². The van der Waals surface area contributed by atoms with Crippen LogP contribution in [-0.2, 0) is 7.05 Å². The van der Waals surface area contributed by atoms with Gasteiger partial charge in [0.25, 0.3) is 0 Å². The van der Waals surface area contributed by atoms with Crippen LogP contribution in [0.4, 0.5) is 0 Å². The number of hydrogen-bond acceptors (Lipinski definition) is 3. The predicted octanol–water partition coefficient (Wildman–Crippen LogP) is 1.46. The van der Waals surface area contributed by atoms with Crippen LogP contribution in [0.5, 0.6) is 0 Å². The first-order chi connectivity index (χ1) is 7.09. The van der Waals surface area contributed by atoms with Crippen molar-refractivity contribution in [2.24, 2.45) is 12.5 Å². The van der Waals surface area contributed by atoms with E-state index in [9.17, 15) is 5.11 Å². The summed E-state index contributed by atoms with van der Waals surface area (Å²) < 4.78 is 1.68. The van der Waals surface area contributed by atoms with Crippen molar-refractivity contribution < 1.29 is 5.11 Å². The van der Waals surface area contributed by atoms with Gasteiger partial charge in [-0.2, -0.15) is 10.4 Å². The van der Waals surface area contributed by atoms with Crippen molar-refractivity contribution in [3.63, 3.8) is 0 Å². The van der Waals surface area contributed by atoms with Gasteiger partial charge in [-0.25, -0.2) is 0 Å². The van der Waals surface area contributed by atoms with E-state index in [4.69, 9.17) is 5.26 Å². The molecule has 1 unspecified atom stereocenters. The molecular weight excluding hydrogens is 190 g/mol. The lowest BCUT2D eigenvalue weighted by Crippen LogP contribution is -2.34. The Morgan fingerprint density at radius 1 is 1.67 bits per heavy atom. The van der Waals surface area contributed by atoms with Crippen LogP contribution in [0.3, 0.4) is 0 Å². The van der Waals surface area contributed by atoms with Crippen molar-refractivity contribution in [1.29, 1.82) is 5.26 Å². The molecule has 1 atom stereocenters. The molecule has 1 N–H and O–H groups in total. The van der Waals surface area contributed by atoms with E-state index in [1.807, 2.05) is 14.0 Å². The van der Waals surface area contributed by atoms with E-state index in [2.05, 4.69) is 11.2 Å². The number of aliphatic hydroxyl groups is 1. The van der Waals surface area contributed by atoms with Crippen molar-refractivity contribution in [2.75, 3.05) is 0 Å². The molecule has 1 aromatic rings. The maximum atomic E-state index is 10.2. The van der Waals surface area contributed by atoms with Gasteiger partial charge in [-0.1, -0.05) is 6.42 Å². The Balaban J connectivity index is 2.32. The summed E-state index contributed by atoms with van der Waals surface area (Å²) in [5.41, 5.74) is 1.04. The third-order valence-corrected chi connectivity index (χ3v) is 3.34. The molecule has 0 amide bonds. The topological polar surface area (TPSA) is 61.8 Å². The van der Waals surface area contributed by atoms with Gasteiger partial charge in [0, 0.05) is 18.8 Å². The number of rotatable bonds is 2. The molecule has 1 saturated carbocycles. The maximum Gasteiger partial charge on any atom is 0.101 e. The Morgan fingerprint density at radius 2 is 2.33 bits per heavy atom. The number of aliphatic hydroxyl groups excluding tert-OH is 1. The third kappa shape index (κ3) is 1.44. The van der Waals surface area contributed by atoms with Gasteiger partial charge in [-0.05, 0) is 19.8 Å². The van der Waals surface area contributed by atoms with Crippen LogP contribution < -0.4 is 0 Å². The molecule has 0 aliphatic heterocycles. The van der Waals surface area contributed by atoms with Gasteiger partial charge < -0.3 is 5.11 Å². The van der Waals surface area contributed by atoms with Crippen molar-refractivity contribution >= 4 is 0 Å². The Labute approximate surface area is 89.1 Å². The SMILES string of the molecule is Cc1nn(C)cc1C(O)C1(C#N)CCC1. The summed E-state index contributed by atoms with van der Waals surface area (Å²) >= 11 is 0. The predicted molar refractivity (Wildman–Crippen MR) is 54.8 cm³/mol. The van der Waals surface area contributed by atoms with Gasteiger partial charge in [-0.15, -0.1) is 0 Å². The molecule has 1 aliphatic carbocycles. The van der Waals surface area contributed by atoms with E-state index >= 15 is 0 Å². The van der Waals surface area contributed by atoms with Crippen LogP contribution in [0.25, 0.3) is 0 Å². The first-order valence-electron chi connectivity index (χ1n) is 5.18. The van der Waals surface area contributed by atoms with Crippen LogP contribution in [0, 0.1) is 23.7 Å². The Bertz CT molecular complexity index is 412. The molecule has 0 bridgehead atoms. The van der Waals surface area contributed by atoms with Gasteiger partial charge in [0.05, 0.1) is 17.2 Å². The second-order valence-corrected chi connectivity index (χ2v) is 4.37. The number of aryl methyl sites for hydroxylation is 2. The average molecular weight is 205 g/mol. The largest absolute Gasteiger partial charge is 0.387 e. The Morgan fingerprint density at radius 3 is 2.67 bits per heavy atom. The number of hydrogen-bond donors (Lipinski definition) is 1. The molecule has 0 radical (unpaired) electrons. The van der Waals surface area contributed by atoms with Crippen molar-refractivity contribution in [1.82, 2.24) is 9.78 Å². The zero-order valence-electron chi connectivity index (χ0n) is 9.06. The lowest BCUT2D eigenvalue weighted by atomic mass is 9.65. The van der Waals surface area contributed by atoms with Gasteiger partial charge in [-0.3, -0.25) is 4.68 Å². The number of nitrogens with zero attached hydrogens (tertiary/aromatic N) is 3. The van der Waals surface area contributed by atoms with Crippen molar-refractivity contribution in [2.45, 2.75) is 32.3 Å². The van der Waals surface area contributed by atoms with E-state index in [1.165, 1.54) is 0 Å². The van der Waals surface area contributed by atoms with Gasteiger partial charge in [0.15, 0.2) is 0 Å². The molecule has 1 fully saturated rings. The summed E-state index contributed by atoms with van der Waals surface area (Å²) in [6, 6.07) is 2.26. The summed E-state index contributed by atoms with van der Waals surface area (Å²) in [4.78, 5) is 0. The highest BCUT2D eigenvalue weighted by Gasteiger charge is 2.45. The van der Waals surface area contributed by atoms with E-state index in [1.54, 1.807) is 10.9 Å². The summed E-state index contributed by atoms with van der Waals surface area (Å²) in [6.45, 7) is 1.86. The first kappa shape index (κ1) is 10.2. The molecule has 1 aromatic heterocycles. The zero-order chi connectivity index (χ0) is 11.1. The van der Waals surface area contributed by atoms with Gasteiger partial charge in [0.2, 0.25) is 0 Å². The molecule has 80 valence electrons. The summed E-state index contributed by atoms with van der Waals surface area (Å²) in [5, 5.41) is 23.5. The molecule has 1 aliphatic rings. The van der Waals surface area contributed by atoms with Crippen LogP contribution in [0.1, 0.15) is 36.6 Å². The minimum Gasteiger partial charge on any atom is -0.387 e. The van der Waals surface area contributed by atoms with Crippen LogP contribution in [0.15, 0.2) is 6.20 Å².